The lowest BCUT2D eigenvalue weighted by Gasteiger charge is -2.32. The Labute approximate surface area is 106 Å². The predicted molar refractivity (Wildman–Crippen MR) is 70.1 cm³/mol. The Bertz CT molecular complexity index is 317. The van der Waals surface area contributed by atoms with Crippen LogP contribution in [0.4, 0.5) is 0 Å². The number of halogens is 1. The maximum atomic E-state index is 9.05. The number of rotatable bonds is 6. The summed E-state index contributed by atoms with van der Waals surface area (Å²) in [5.41, 5.74) is 6.02. The highest BCUT2D eigenvalue weighted by atomic mass is 35.5. The van der Waals surface area contributed by atoms with Crippen molar-refractivity contribution < 1.29 is 5.11 Å². The Hall–Kier alpha value is -0.130. The third-order valence-corrected chi connectivity index (χ3v) is 3.87. The molecule has 2 unspecified atom stereocenters. The average molecular weight is 263 g/mol. The van der Waals surface area contributed by atoms with Gasteiger partial charge in [-0.1, -0.05) is 18.5 Å². The van der Waals surface area contributed by atoms with Crippen molar-refractivity contribution in [3.05, 3.63) is 21.3 Å². The smallest absolute Gasteiger partial charge is 0.0931 e. The molecule has 0 spiro atoms. The van der Waals surface area contributed by atoms with E-state index in [2.05, 4.69) is 11.8 Å². The first-order valence-corrected chi connectivity index (χ1v) is 6.65. The molecule has 16 heavy (non-hydrogen) atoms. The van der Waals surface area contributed by atoms with Crippen LogP contribution in [0.1, 0.15) is 24.8 Å². The summed E-state index contributed by atoms with van der Waals surface area (Å²) in [5.74, 6) is 0. The summed E-state index contributed by atoms with van der Waals surface area (Å²) >= 11 is 7.50. The molecule has 1 aromatic rings. The quantitative estimate of drug-likeness (QED) is 0.826. The molecule has 0 bridgehead atoms. The van der Waals surface area contributed by atoms with Crippen molar-refractivity contribution in [3.8, 4) is 0 Å². The van der Waals surface area contributed by atoms with E-state index in [1.54, 1.807) is 11.3 Å². The van der Waals surface area contributed by atoms with Crippen molar-refractivity contribution in [2.45, 2.75) is 25.9 Å². The number of nitrogens with two attached hydrogens (primary N) is 1. The van der Waals surface area contributed by atoms with Crippen molar-refractivity contribution in [1.82, 2.24) is 4.90 Å². The van der Waals surface area contributed by atoms with Gasteiger partial charge < -0.3 is 10.8 Å². The first-order chi connectivity index (χ1) is 7.60. The first-order valence-electron chi connectivity index (χ1n) is 5.45. The van der Waals surface area contributed by atoms with Gasteiger partial charge in [0, 0.05) is 17.5 Å². The monoisotopic (exact) mass is 262 g/mol. The highest BCUT2D eigenvalue weighted by Crippen LogP contribution is 2.31. The molecular formula is C11H19ClN2OS. The molecule has 0 radical (unpaired) electrons. The largest absolute Gasteiger partial charge is 0.395 e. The van der Waals surface area contributed by atoms with Gasteiger partial charge in [-0.2, -0.15) is 0 Å². The van der Waals surface area contributed by atoms with E-state index in [0.717, 1.165) is 15.8 Å². The minimum atomic E-state index is 0.0150. The van der Waals surface area contributed by atoms with Gasteiger partial charge in [0.25, 0.3) is 0 Å². The normalized spacial score (nSPS) is 15.4. The lowest BCUT2D eigenvalue weighted by Crippen LogP contribution is -2.40. The number of hydrogen-bond donors (Lipinski definition) is 2. The second-order valence-electron chi connectivity index (χ2n) is 3.80. The maximum Gasteiger partial charge on any atom is 0.0931 e. The van der Waals surface area contributed by atoms with Gasteiger partial charge in [0.1, 0.15) is 0 Å². The second kappa shape index (κ2) is 6.57. The van der Waals surface area contributed by atoms with Gasteiger partial charge in [-0.15, -0.1) is 11.3 Å². The summed E-state index contributed by atoms with van der Waals surface area (Å²) in [4.78, 5) is 3.34. The van der Waals surface area contributed by atoms with E-state index >= 15 is 0 Å². The molecule has 0 saturated carbocycles. The minimum Gasteiger partial charge on any atom is -0.395 e. The lowest BCUT2D eigenvalue weighted by molar-refractivity contribution is 0.145. The van der Waals surface area contributed by atoms with Crippen molar-refractivity contribution >= 4 is 22.9 Å². The van der Waals surface area contributed by atoms with Crippen LogP contribution in [-0.4, -0.2) is 35.7 Å². The molecule has 3 N–H and O–H groups in total. The molecule has 0 saturated heterocycles. The summed E-state index contributed by atoms with van der Waals surface area (Å²) in [7, 11) is 0. The Morgan fingerprint density at radius 1 is 1.56 bits per heavy atom. The molecule has 1 heterocycles. The van der Waals surface area contributed by atoms with E-state index in [1.165, 1.54) is 0 Å². The average Bonchev–Trinajstić information content (AvgIpc) is 2.63. The van der Waals surface area contributed by atoms with E-state index < -0.39 is 0 Å². The van der Waals surface area contributed by atoms with E-state index in [1.807, 2.05) is 19.1 Å². The van der Waals surface area contributed by atoms with Gasteiger partial charge in [0.2, 0.25) is 0 Å². The van der Waals surface area contributed by atoms with E-state index in [4.69, 9.17) is 22.4 Å². The molecule has 0 aromatic carbocycles. The third-order valence-electron chi connectivity index (χ3n) is 2.57. The fourth-order valence-corrected chi connectivity index (χ4v) is 3.19. The van der Waals surface area contributed by atoms with Crippen LogP contribution in [-0.2, 0) is 0 Å². The molecule has 0 aliphatic rings. The maximum absolute atomic E-state index is 9.05. The molecule has 0 fully saturated rings. The molecule has 1 aromatic heterocycles. The van der Waals surface area contributed by atoms with Gasteiger partial charge in [0.15, 0.2) is 0 Å². The Kier molecular flexibility index (Phi) is 5.72. The zero-order valence-corrected chi connectivity index (χ0v) is 11.3. The molecule has 1 rings (SSSR count). The Balaban J connectivity index is 2.89. The van der Waals surface area contributed by atoms with Crippen LogP contribution in [0.25, 0.3) is 0 Å². The van der Waals surface area contributed by atoms with Gasteiger partial charge in [0.05, 0.1) is 17.0 Å². The van der Waals surface area contributed by atoms with Crippen LogP contribution in [0.2, 0.25) is 4.34 Å². The van der Waals surface area contributed by atoms with Crippen LogP contribution in [0.3, 0.4) is 0 Å². The molecular weight excluding hydrogens is 244 g/mol. The third kappa shape index (κ3) is 3.43. The zero-order chi connectivity index (χ0) is 12.1. The van der Waals surface area contributed by atoms with Crippen molar-refractivity contribution in [3.63, 3.8) is 0 Å². The van der Waals surface area contributed by atoms with Gasteiger partial charge in [-0.3, -0.25) is 4.90 Å². The fourth-order valence-electron chi connectivity index (χ4n) is 1.88. The summed E-state index contributed by atoms with van der Waals surface area (Å²) in [5, 5.41) is 9.05. The Morgan fingerprint density at radius 3 is 2.62 bits per heavy atom. The lowest BCUT2D eigenvalue weighted by atomic mass is 10.1. The van der Waals surface area contributed by atoms with Crippen LogP contribution < -0.4 is 5.73 Å². The molecule has 2 atom stereocenters. The van der Waals surface area contributed by atoms with Crippen LogP contribution in [0, 0.1) is 0 Å². The highest BCUT2D eigenvalue weighted by Gasteiger charge is 2.23. The van der Waals surface area contributed by atoms with Gasteiger partial charge >= 0.3 is 0 Å². The summed E-state index contributed by atoms with van der Waals surface area (Å²) in [6.07, 6.45) is 0. The first kappa shape index (κ1) is 13.9. The SMILES string of the molecule is CCN(CCO)C(c1ccc(Cl)s1)C(C)N. The number of likely N-dealkylation sites (N-methyl/N-ethyl adjacent to an activating group) is 1. The minimum absolute atomic E-state index is 0.0150. The molecule has 3 nitrogen and oxygen atoms in total. The predicted octanol–water partition coefficient (Wildman–Crippen LogP) is 2.10. The second-order valence-corrected chi connectivity index (χ2v) is 5.54. The number of nitrogens with zero attached hydrogens (tertiary/aromatic N) is 1. The molecule has 0 aliphatic carbocycles. The van der Waals surface area contributed by atoms with Crippen LogP contribution >= 0.6 is 22.9 Å². The topological polar surface area (TPSA) is 49.5 Å². The summed E-state index contributed by atoms with van der Waals surface area (Å²) in [6.45, 7) is 5.70. The number of aliphatic hydroxyl groups is 1. The molecule has 92 valence electrons. The molecule has 0 aliphatic heterocycles. The highest BCUT2D eigenvalue weighted by molar-refractivity contribution is 7.16. The zero-order valence-electron chi connectivity index (χ0n) is 9.69. The fraction of sp³-hybridized carbons (Fsp3) is 0.636. The van der Waals surface area contributed by atoms with Crippen LogP contribution in [0.15, 0.2) is 12.1 Å². The van der Waals surface area contributed by atoms with Crippen molar-refractivity contribution in [2.75, 3.05) is 19.7 Å². The number of hydrogen-bond acceptors (Lipinski definition) is 4. The van der Waals surface area contributed by atoms with Crippen LogP contribution in [0.5, 0.6) is 0 Å². The number of thiophene rings is 1. The van der Waals surface area contributed by atoms with E-state index in [-0.39, 0.29) is 18.7 Å². The van der Waals surface area contributed by atoms with Crippen molar-refractivity contribution in [2.24, 2.45) is 5.73 Å². The molecule has 5 heteroatoms. The van der Waals surface area contributed by atoms with Gasteiger partial charge in [-0.05, 0) is 25.6 Å². The molecule has 0 amide bonds. The van der Waals surface area contributed by atoms with Gasteiger partial charge in [-0.25, -0.2) is 0 Å². The summed E-state index contributed by atoms with van der Waals surface area (Å²) in [6, 6.07) is 4.06. The Morgan fingerprint density at radius 2 is 2.25 bits per heavy atom. The number of aliphatic hydroxyl groups excluding tert-OH is 1. The van der Waals surface area contributed by atoms with Crippen molar-refractivity contribution in [1.29, 1.82) is 0 Å². The standard InChI is InChI=1S/C11H19ClN2OS/c1-3-14(6-7-15)11(8(2)13)9-4-5-10(12)16-9/h4-5,8,11,15H,3,6-7,13H2,1-2H3. The van der Waals surface area contributed by atoms with E-state index in [0.29, 0.717) is 6.54 Å². The summed E-state index contributed by atoms with van der Waals surface area (Å²) < 4.78 is 0.778. The van der Waals surface area contributed by atoms with E-state index in [9.17, 15) is 0 Å².